The third-order valence-electron chi connectivity index (χ3n) is 4.04. The Labute approximate surface area is 148 Å². The maximum Gasteiger partial charge on any atom is 0.166 e. The number of rotatable bonds is 3. The second-order valence-corrected chi connectivity index (χ2v) is 5.71. The molecule has 26 heavy (non-hydrogen) atoms. The van der Waals surface area contributed by atoms with Crippen molar-refractivity contribution in [2.24, 2.45) is 7.05 Å². The minimum atomic E-state index is -0.361. The monoisotopic (exact) mass is 350 g/mol. The summed E-state index contributed by atoms with van der Waals surface area (Å²) in [4.78, 5) is 13.0. The number of fused-ring (bicyclic) bond motifs is 1. The number of methoxy groups -OCH3 is 1. The van der Waals surface area contributed by atoms with Crippen LogP contribution in [0.2, 0.25) is 0 Å². The van der Waals surface area contributed by atoms with E-state index >= 15 is 0 Å². The first-order valence-corrected chi connectivity index (χ1v) is 7.82. The van der Waals surface area contributed by atoms with Gasteiger partial charge in [0.05, 0.1) is 12.6 Å². The summed E-state index contributed by atoms with van der Waals surface area (Å²) in [6.07, 6.45) is 3.19. The average molecular weight is 350 g/mol. The first-order valence-electron chi connectivity index (χ1n) is 7.82. The van der Waals surface area contributed by atoms with E-state index in [0.717, 1.165) is 0 Å². The second kappa shape index (κ2) is 6.07. The molecule has 0 atom stereocenters. The quantitative estimate of drug-likeness (QED) is 0.611. The number of nitrogen functional groups attached to an aromatic ring is 1. The Hall–Kier alpha value is -3.55. The molecule has 0 radical (unpaired) electrons. The number of benzene rings is 1. The first-order chi connectivity index (χ1) is 12.6. The standard InChI is InChI=1S/C18H15FN6O/c1-25-8-11(15(24-25)10-5-3-4-6-12(10)19)16-17-13(21-9-22-16)7-14(26-2)18(20)23-17/h3-9H,1-2H3,(H2,20,23). The van der Waals surface area contributed by atoms with Gasteiger partial charge in [-0.15, -0.1) is 0 Å². The molecule has 0 aliphatic heterocycles. The Morgan fingerprint density at radius 1 is 1.12 bits per heavy atom. The molecular formula is C18H15FN6O. The van der Waals surface area contributed by atoms with E-state index in [1.165, 1.54) is 19.5 Å². The van der Waals surface area contributed by atoms with Gasteiger partial charge >= 0.3 is 0 Å². The fraction of sp³-hybridized carbons (Fsp3) is 0.111. The highest BCUT2D eigenvalue weighted by Crippen LogP contribution is 2.35. The molecule has 3 heterocycles. The zero-order valence-electron chi connectivity index (χ0n) is 14.1. The lowest BCUT2D eigenvalue weighted by Crippen LogP contribution is -1.99. The van der Waals surface area contributed by atoms with Crippen LogP contribution < -0.4 is 10.5 Å². The van der Waals surface area contributed by atoms with Gasteiger partial charge in [0.25, 0.3) is 0 Å². The number of nitrogens with two attached hydrogens (primary N) is 1. The Morgan fingerprint density at radius 3 is 2.69 bits per heavy atom. The molecule has 1 aromatic carbocycles. The lowest BCUT2D eigenvalue weighted by Gasteiger charge is -2.08. The van der Waals surface area contributed by atoms with Crippen molar-refractivity contribution in [3.63, 3.8) is 0 Å². The predicted octanol–water partition coefficient (Wildman–Crippen LogP) is 2.82. The maximum absolute atomic E-state index is 14.3. The lowest BCUT2D eigenvalue weighted by molar-refractivity contribution is 0.416. The van der Waals surface area contributed by atoms with Crippen LogP contribution in [0.25, 0.3) is 33.5 Å². The summed E-state index contributed by atoms with van der Waals surface area (Å²) in [5.41, 5.74) is 9.04. The molecule has 7 nitrogen and oxygen atoms in total. The fourth-order valence-electron chi connectivity index (χ4n) is 2.86. The van der Waals surface area contributed by atoms with Gasteiger partial charge in [0, 0.05) is 30.4 Å². The highest BCUT2D eigenvalue weighted by atomic mass is 19.1. The third-order valence-corrected chi connectivity index (χ3v) is 4.04. The van der Waals surface area contributed by atoms with E-state index in [2.05, 4.69) is 20.1 Å². The molecule has 0 unspecified atom stereocenters. The Kier molecular flexibility index (Phi) is 3.72. The Balaban J connectivity index is 2.00. The molecule has 4 aromatic rings. The normalized spacial score (nSPS) is 11.0. The molecule has 130 valence electrons. The topological polar surface area (TPSA) is 91.7 Å². The number of halogens is 1. The molecule has 2 N–H and O–H groups in total. The van der Waals surface area contributed by atoms with Crippen molar-refractivity contribution >= 4 is 16.9 Å². The Morgan fingerprint density at radius 2 is 1.92 bits per heavy atom. The van der Waals surface area contributed by atoms with Crippen LogP contribution in [-0.2, 0) is 7.05 Å². The highest BCUT2D eigenvalue weighted by Gasteiger charge is 2.20. The number of ether oxygens (including phenoxy) is 1. The second-order valence-electron chi connectivity index (χ2n) is 5.71. The molecule has 4 rings (SSSR count). The SMILES string of the molecule is COc1cc2ncnc(-c3cn(C)nc3-c3ccccc3F)c2nc1N. The van der Waals surface area contributed by atoms with Crippen molar-refractivity contribution < 1.29 is 9.13 Å². The molecule has 0 spiro atoms. The van der Waals surface area contributed by atoms with E-state index < -0.39 is 0 Å². The van der Waals surface area contributed by atoms with Crippen molar-refractivity contribution in [3.8, 4) is 28.3 Å². The van der Waals surface area contributed by atoms with Crippen LogP contribution in [0.4, 0.5) is 10.2 Å². The van der Waals surface area contributed by atoms with Gasteiger partial charge in [0.15, 0.2) is 11.6 Å². The van der Waals surface area contributed by atoms with E-state index in [0.29, 0.717) is 39.3 Å². The predicted molar refractivity (Wildman–Crippen MR) is 95.9 cm³/mol. The zero-order valence-corrected chi connectivity index (χ0v) is 14.1. The molecule has 0 amide bonds. The van der Waals surface area contributed by atoms with Crippen LogP contribution in [0.15, 0.2) is 42.9 Å². The summed E-state index contributed by atoms with van der Waals surface area (Å²) >= 11 is 0. The summed E-state index contributed by atoms with van der Waals surface area (Å²) in [7, 11) is 3.28. The summed E-state index contributed by atoms with van der Waals surface area (Å²) in [5.74, 6) is 0.301. The van der Waals surface area contributed by atoms with Gasteiger partial charge in [0.2, 0.25) is 0 Å². The number of pyridine rings is 1. The molecule has 0 saturated heterocycles. The smallest absolute Gasteiger partial charge is 0.166 e. The van der Waals surface area contributed by atoms with E-state index in [9.17, 15) is 4.39 Å². The molecule has 0 aliphatic rings. The van der Waals surface area contributed by atoms with Gasteiger partial charge in [-0.25, -0.2) is 19.3 Å². The average Bonchev–Trinajstić information content (AvgIpc) is 3.02. The van der Waals surface area contributed by atoms with Crippen molar-refractivity contribution in [2.45, 2.75) is 0 Å². The molecule has 3 aromatic heterocycles. The number of aryl methyl sites for hydroxylation is 1. The first kappa shape index (κ1) is 15.9. The largest absolute Gasteiger partial charge is 0.493 e. The van der Waals surface area contributed by atoms with Crippen LogP contribution in [0.5, 0.6) is 5.75 Å². The third kappa shape index (κ3) is 2.52. The molecule has 0 fully saturated rings. The maximum atomic E-state index is 14.3. The van der Waals surface area contributed by atoms with Gasteiger partial charge in [0.1, 0.15) is 29.0 Å². The molecule has 0 saturated carbocycles. The number of nitrogens with zero attached hydrogens (tertiary/aromatic N) is 5. The number of aromatic nitrogens is 5. The minimum Gasteiger partial charge on any atom is -0.493 e. The molecule has 0 bridgehead atoms. The van der Waals surface area contributed by atoms with Gasteiger partial charge in [-0.3, -0.25) is 4.68 Å². The number of hydrogen-bond donors (Lipinski definition) is 1. The molecule has 0 aliphatic carbocycles. The Bertz CT molecular complexity index is 1120. The van der Waals surface area contributed by atoms with Crippen molar-refractivity contribution in [1.82, 2.24) is 24.7 Å². The van der Waals surface area contributed by atoms with Crippen LogP contribution in [0, 0.1) is 5.82 Å². The highest BCUT2D eigenvalue weighted by molar-refractivity contribution is 5.94. The number of hydrogen-bond acceptors (Lipinski definition) is 6. The minimum absolute atomic E-state index is 0.229. The van der Waals surface area contributed by atoms with E-state index in [1.54, 1.807) is 42.2 Å². The van der Waals surface area contributed by atoms with Crippen LogP contribution in [-0.4, -0.2) is 31.8 Å². The number of anilines is 1. The van der Waals surface area contributed by atoms with Crippen LogP contribution in [0.3, 0.4) is 0 Å². The van der Waals surface area contributed by atoms with Crippen molar-refractivity contribution in [1.29, 1.82) is 0 Å². The zero-order chi connectivity index (χ0) is 18.3. The molecular weight excluding hydrogens is 335 g/mol. The van der Waals surface area contributed by atoms with E-state index in [-0.39, 0.29) is 11.6 Å². The van der Waals surface area contributed by atoms with Crippen LogP contribution in [0.1, 0.15) is 0 Å². The molecule has 8 heteroatoms. The van der Waals surface area contributed by atoms with Gasteiger partial charge < -0.3 is 10.5 Å². The fourth-order valence-corrected chi connectivity index (χ4v) is 2.86. The lowest BCUT2D eigenvalue weighted by atomic mass is 10.0. The van der Waals surface area contributed by atoms with E-state index in [1.807, 2.05) is 0 Å². The summed E-state index contributed by atoms with van der Waals surface area (Å²) in [6, 6.07) is 8.16. The van der Waals surface area contributed by atoms with Gasteiger partial charge in [-0.2, -0.15) is 5.10 Å². The summed E-state index contributed by atoms with van der Waals surface area (Å²) in [5, 5.41) is 4.41. The van der Waals surface area contributed by atoms with Gasteiger partial charge in [-0.1, -0.05) is 12.1 Å². The summed E-state index contributed by atoms with van der Waals surface area (Å²) in [6.45, 7) is 0. The van der Waals surface area contributed by atoms with Crippen molar-refractivity contribution in [2.75, 3.05) is 12.8 Å². The van der Waals surface area contributed by atoms with Crippen LogP contribution >= 0.6 is 0 Å². The van der Waals surface area contributed by atoms with E-state index in [4.69, 9.17) is 10.5 Å². The van der Waals surface area contributed by atoms with Crippen molar-refractivity contribution in [3.05, 3.63) is 48.7 Å². The summed E-state index contributed by atoms with van der Waals surface area (Å²) < 4.78 is 21.1. The van der Waals surface area contributed by atoms with Gasteiger partial charge in [-0.05, 0) is 12.1 Å².